The molecule has 0 unspecified atom stereocenters. The average Bonchev–Trinajstić information content (AvgIpc) is 2.69. The second-order valence-electron chi connectivity index (χ2n) is 6.53. The highest BCUT2D eigenvalue weighted by Crippen LogP contribution is 2.24. The highest BCUT2D eigenvalue weighted by molar-refractivity contribution is 6.31. The SMILES string of the molecule is Cc1ccc2cc(/C=C(\C#N)C(=O)c3c(N)n(C)c(=O)n(C)c3=O)c(Cl)nc2c1. The van der Waals surface area contributed by atoms with Gasteiger partial charge in [-0.1, -0.05) is 23.7 Å². The number of hydrogen-bond acceptors (Lipinski definition) is 6. The zero-order valence-corrected chi connectivity index (χ0v) is 16.6. The molecule has 3 rings (SSSR count). The summed E-state index contributed by atoms with van der Waals surface area (Å²) in [7, 11) is 2.55. The molecule has 0 saturated carbocycles. The van der Waals surface area contributed by atoms with Gasteiger partial charge in [0.25, 0.3) is 5.56 Å². The van der Waals surface area contributed by atoms with E-state index in [-0.39, 0.29) is 16.5 Å². The van der Waals surface area contributed by atoms with Gasteiger partial charge in [0.05, 0.1) is 5.52 Å². The van der Waals surface area contributed by atoms with Gasteiger partial charge >= 0.3 is 5.69 Å². The summed E-state index contributed by atoms with van der Waals surface area (Å²) >= 11 is 6.23. The summed E-state index contributed by atoms with van der Waals surface area (Å²) in [6.07, 6.45) is 1.25. The molecule has 0 fully saturated rings. The maximum atomic E-state index is 12.9. The maximum Gasteiger partial charge on any atom is 0.332 e. The molecule has 0 amide bonds. The molecule has 3 aromatic rings. The summed E-state index contributed by atoms with van der Waals surface area (Å²) in [5.41, 5.74) is 5.47. The van der Waals surface area contributed by atoms with Crippen molar-refractivity contribution in [2.45, 2.75) is 6.92 Å². The van der Waals surface area contributed by atoms with Crippen molar-refractivity contribution in [1.82, 2.24) is 14.1 Å². The number of allylic oxidation sites excluding steroid dienone is 1. The number of hydrogen-bond donors (Lipinski definition) is 1. The minimum Gasteiger partial charge on any atom is -0.384 e. The number of aromatic nitrogens is 3. The van der Waals surface area contributed by atoms with E-state index in [1.165, 1.54) is 20.2 Å². The lowest BCUT2D eigenvalue weighted by atomic mass is 10.0. The fourth-order valence-electron chi connectivity index (χ4n) is 2.88. The quantitative estimate of drug-likeness (QED) is 0.305. The van der Waals surface area contributed by atoms with Gasteiger partial charge in [0, 0.05) is 25.0 Å². The average molecular weight is 410 g/mol. The molecule has 146 valence electrons. The van der Waals surface area contributed by atoms with Crippen molar-refractivity contribution in [2.24, 2.45) is 14.1 Å². The molecule has 0 aliphatic carbocycles. The third kappa shape index (κ3) is 3.44. The van der Waals surface area contributed by atoms with E-state index in [4.69, 9.17) is 17.3 Å². The highest BCUT2D eigenvalue weighted by Gasteiger charge is 2.23. The predicted molar refractivity (Wildman–Crippen MR) is 111 cm³/mol. The Bertz CT molecular complexity index is 1380. The van der Waals surface area contributed by atoms with Gasteiger partial charge in [-0.3, -0.25) is 18.7 Å². The van der Waals surface area contributed by atoms with Crippen LogP contribution in [-0.4, -0.2) is 19.9 Å². The van der Waals surface area contributed by atoms with E-state index in [1.54, 1.807) is 12.1 Å². The first-order valence-corrected chi connectivity index (χ1v) is 8.82. The number of nitrogens with two attached hydrogens (primary N) is 1. The van der Waals surface area contributed by atoms with Gasteiger partial charge in [-0.05, 0) is 30.7 Å². The lowest BCUT2D eigenvalue weighted by molar-refractivity contribution is 0.103. The van der Waals surface area contributed by atoms with Gasteiger partial charge < -0.3 is 5.73 Å². The normalized spacial score (nSPS) is 11.5. The second-order valence-corrected chi connectivity index (χ2v) is 6.89. The van der Waals surface area contributed by atoms with Crippen LogP contribution in [0.1, 0.15) is 21.5 Å². The van der Waals surface area contributed by atoms with Crippen molar-refractivity contribution in [3.05, 3.63) is 72.5 Å². The van der Waals surface area contributed by atoms with Crippen LogP contribution in [0.5, 0.6) is 0 Å². The Balaban J connectivity index is 2.19. The summed E-state index contributed by atoms with van der Waals surface area (Å²) in [5.74, 6) is -1.22. The van der Waals surface area contributed by atoms with Crippen LogP contribution in [0, 0.1) is 18.3 Å². The van der Waals surface area contributed by atoms with Crippen LogP contribution in [0.4, 0.5) is 5.82 Å². The lowest BCUT2D eigenvalue weighted by Gasteiger charge is -2.10. The molecule has 0 spiro atoms. The maximum absolute atomic E-state index is 12.9. The molecule has 9 heteroatoms. The Morgan fingerprint density at radius 3 is 2.59 bits per heavy atom. The predicted octanol–water partition coefficient (Wildman–Crippen LogP) is 1.97. The van der Waals surface area contributed by atoms with E-state index in [1.807, 2.05) is 25.1 Å². The minimum absolute atomic E-state index is 0.102. The van der Waals surface area contributed by atoms with E-state index >= 15 is 0 Å². The molecule has 0 radical (unpaired) electrons. The van der Waals surface area contributed by atoms with Crippen molar-refractivity contribution in [1.29, 1.82) is 5.26 Å². The number of pyridine rings is 1. The number of ketones is 1. The van der Waals surface area contributed by atoms with E-state index in [0.717, 1.165) is 20.1 Å². The number of anilines is 1. The molecule has 8 nitrogen and oxygen atoms in total. The summed E-state index contributed by atoms with van der Waals surface area (Å²) in [6.45, 7) is 1.92. The number of nitriles is 1. The summed E-state index contributed by atoms with van der Waals surface area (Å²) in [6, 6.07) is 9.07. The van der Waals surface area contributed by atoms with E-state index in [9.17, 15) is 19.6 Å². The Kier molecular flexibility index (Phi) is 5.10. The number of rotatable bonds is 3. The molecule has 0 aliphatic rings. The van der Waals surface area contributed by atoms with Gasteiger partial charge in [0.15, 0.2) is 0 Å². The first kappa shape index (κ1) is 20.0. The molecular weight excluding hydrogens is 394 g/mol. The van der Waals surface area contributed by atoms with Gasteiger partial charge in [-0.25, -0.2) is 9.78 Å². The fraction of sp³-hybridized carbons (Fsp3) is 0.150. The van der Waals surface area contributed by atoms with Crippen LogP contribution in [0.3, 0.4) is 0 Å². The topological polar surface area (TPSA) is 124 Å². The van der Waals surface area contributed by atoms with Gasteiger partial charge in [-0.15, -0.1) is 0 Å². The minimum atomic E-state index is -0.902. The number of aryl methyl sites for hydroxylation is 1. The molecule has 29 heavy (non-hydrogen) atoms. The van der Waals surface area contributed by atoms with Crippen molar-refractivity contribution < 1.29 is 4.79 Å². The zero-order chi connectivity index (χ0) is 21.5. The molecule has 1 aromatic carbocycles. The number of nitrogen functional groups attached to an aromatic ring is 1. The van der Waals surface area contributed by atoms with E-state index < -0.39 is 22.6 Å². The van der Waals surface area contributed by atoms with E-state index in [2.05, 4.69) is 4.98 Å². The number of nitrogens with zero attached hydrogens (tertiary/aromatic N) is 4. The van der Waals surface area contributed by atoms with Crippen LogP contribution in [-0.2, 0) is 14.1 Å². The van der Waals surface area contributed by atoms with Gasteiger partial charge in [-0.2, -0.15) is 5.26 Å². The smallest absolute Gasteiger partial charge is 0.332 e. The largest absolute Gasteiger partial charge is 0.384 e. The van der Waals surface area contributed by atoms with Crippen molar-refractivity contribution in [3.8, 4) is 6.07 Å². The van der Waals surface area contributed by atoms with Gasteiger partial charge in [0.2, 0.25) is 5.78 Å². The molecule has 0 bridgehead atoms. The number of benzene rings is 1. The monoisotopic (exact) mass is 409 g/mol. The third-order valence-electron chi connectivity index (χ3n) is 4.56. The molecule has 2 N–H and O–H groups in total. The molecular formula is C20H16ClN5O3. The van der Waals surface area contributed by atoms with Crippen LogP contribution >= 0.6 is 11.6 Å². The highest BCUT2D eigenvalue weighted by atomic mass is 35.5. The molecule has 0 atom stereocenters. The van der Waals surface area contributed by atoms with Gasteiger partial charge in [0.1, 0.15) is 28.2 Å². The lowest BCUT2D eigenvalue weighted by Crippen LogP contribution is -2.41. The standard InChI is InChI=1S/C20H16ClN5O3/c1-10-4-5-11-7-12(17(21)24-14(11)6-10)8-13(9-22)16(27)15-18(23)25(2)20(29)26(3)19(15)28/h4-8H,23H2,1-3H3/b13-8+. The Morgan fingerprint density at radius 2 is 1.93 bits per heavy atom. The Morgan fingerprint density at radius 1 is 1.24 bits per heavy atom. The number of carbonyl (C=O) groups is 1. The fourth-order valence-corrected chi connectivity index (χ4v) is 3.08. The summed E-state index contributed by atoms with van der Waals surface area (Å²) in [4.78, 5) is 41.6. The molecule has 0 saturated heterocycles. The first-order valence-electron chi connectivity index (χ1n) is 8.44. The molecule has 0 aliphatic heterocycles. The molecule has 2 aromatic heterocycles. The van der Waals surface area contributed by atoms with Crippen molar-refractivity contribution >= 4 is 40.2 Å². The van der Waals surface area contributed by atoms with Crippen LogP contribution < -0.4 is 17.0 Å². The first-order chi connectivity index (χ1) is 13.6. The van der Waals surface area contributed by atoms with Crippen LogP contribution in [0.25, 0.3) is 17.0 Å². The molecule has 2 heterocycles. The van der Waals surface area contributed by atoms with Crippen LogP contribution in [0.2, 0.25) is 5.15 Å². The zero-order valence-electron chi connectivity index (χ0n) is 15.9. The second kappa shape index (κ2) is 7.37. The van der Waals surface area contributed by atoms with Crippen molar-refractivity contribution in [3.63, 3.8) is 0 Å². The summed E-state index contributed by atoms with van der Waals surface area (Å²) in [5, 5.41) is 10.4. The number of halogens is 1. The van der Waals surface area contributed by atoms with Crippen LogP contribution in [0.15, 0.2) is 39.4 Å². The number of Topliss-reactive ketones (excluding diaryl/α,β-unsaturated/α-hetero) is 1. The number of fused-ring (bicyclic) bond motifs is 1. The van der Waals surface area contributed by atoms with Crippen molar-refractivity contribution in [2.75, 3.05) is 5.73 Å². The number of carbonyl (C=O) groups excluding carboxylic acids is 1. The summed E-state index contributed by atoms with van der Waals surface area (Å²) < 4.78 is 1.72. The Labute approximate surface area is 170 Å². The van der Waals surface area contributed by atoms with E-state index in [0.29, 0.717) is 11.1 Å². The Hall–Kier alpha value is -3.70. The third-order valence-corrected chi connectivity index (χ3v) is 4.86.